The zero-order chi connectivity index (χ0) is 42.8. The van der Waals surface area contributed by atoms with Crippen LogP contribution in [0, 0.1) is 0 Å². The minimum Gasteiger partial charge on any atom is -0.310 e. The Balaban J connectivity index is 1.05. The molecule has 3 heteroatoms. The molecule has 0 amide bonds. The Morgan fingerprint density at radius 1 is 0.338 bits per heavy atom. The maximum Gasteiger partial charge on any atom is 0.0555 e. The predicted octanol–water partition coefficient (Wildman–Crippen LogP) is 17.9. The Hall–Kier alpha value is -8.24. The van der Waals surface area contributed by atoms with Gasteiger partial charge in [-0.3, -0.25) is 0 Å². The van der Waals surface area contributed by atoms with E-state index in [4.69, 9.17) is 0 Å². The molecule has 0 aliphatic rings. The highest BCUT2D eigenvalue weighted by atomic mass is 32.1. The zero-order valence-corrected chi connectivity index (χ0v) is 36.2. The molecule has 0 unspecified atom stereocenters. The van der Waals surface area contributed by atoms with Crippen molar-refractivity contribution in [3.63, 3.8) is 0 Å². The standard InChI is InChI=1S/C62H40N2S/c1-2-16-41(17-3-1)44-19-14-21-47(38-44)63(48-22-15-20-45(39-48)46-35-34-43-33-32-42-18-4-5-23-49(42)55(43)40-46)59-37-36-53(62-61(59)54-27-9-13-31-60(54)65-62)52-26-8-12-30-58(52)64-56-28-10-6-24-50(56)51-25-7-11-29-57(51)64/h1-40H. The van der Waals surface area contributed by atoms with Gasteiger partial charge >= 0.3 is 0 Å². The number of rotatable bonds is 7. The number of fused-ring (bicyclic) bond motifs is 9. The van der Waals surface area contributed by atoms with Crippen molar-refractivity contribution in [2.24, 2.45) is 0 Å². The lowest BCUT2D eigenvalue weighted by Crippen LogP contribution is -2.11. The number of hydrogen-bond donors (Lipinski definition) is 0. The maximum atomic E-state index is 2.48. The van der Waals surface area contributed by atoms with Gasteiger partial charge in [-0.25, -0.2) is 0 Å². The highest BCUT2D eigenvalue weighted by Crippen LogP contribution is 2.50. The van der Waals surface area contributed by atoms with Gasteiger partial charge in [-0.15, -0.1) is 11.3 Å². The van der Waals surface area contributed by atoms with E-state index in [1.807, 2.05) is 11.3 Å². The lowest BCUT2D eigenvalue weighted by Gasteiger charge is -2.28. The van der Waals surface area contributed by atoms with Crippen molar-refractivity contribution in [1.29, 1.82) is 0 Å². The monoisotopic (exact) mass is 844 g/mol. The number of thiophene rings is 1. The summed E-state index contributed by atoms with van der Waals surface area (Å²) in [5.74, 6) is 0. The number of aromatic nitrogens is 1. The van der Waals surface area contributed by atoms with Crippen LogP contribution in [-0.4, -0.2) is 4.57 Å². The van der Waals surface area contributed by atoms with E-state index < -0.39 is 0 Å². The first-order valence-electron chi connectivity index (χ1n) is 22.2. The van der Waals surface area contributed by atoms with Crippen molar-refractivity contribution < 1.29 is 0 Å². The largest absolute Gasteiger partial charge is 0.310 e. The number of anilines is 3. The molecule has 0 aliphatic carbocycles. The summed E-state index contributed by atoms with van der Waals surface area (Å²) in [5, 5.41) is 10.0. The first-order chi connectivity index (χ1) is 32.2. The van der Waals surface area contributed by atoms with E-state index in [1.165, 1.54) is 103 Å². The van der Waals surface area contributed by atoms with Gasteiger partial charge in [0.1, 0.15) is 0 Å². The molecule has 0 N–H and O–H groups in total. The smallest absolute Gasteiger partial charge is 0.0555 e. The molecule has 13 aromatic rings. The third kappa shape index (κ3) is 6.16. The molecule has 11 aromatic carbocycles. The van der Waals surface area contributed by atoms with Crippen molar-refractivity contribution in [2.45, 2.75) is 0 Å². The Morgan fingerprint density at radius 2 is 0.892 bits per heavy atom. The average molecular weight is 845 g/mol. The fourth-order valence-corrected chi connectivity index (χ4v) is 11.4. The molecule has 0 bridgehead atoms. The highest BCUT2D eigenvalue weighted by Gasteiger charge is 2.24. The summed E-state index contributed by atoms with van der Waals surface area (Å²) in [6.07, 6.45) is 0. The summed E-state index contributed by atoms with van der Waals surface area (Å²) in [4.78, 5) is 2.48. The number of benzene rings is 11. The van der Waals surface area contributed by atoms with Gasteiger partial charge in [0.25, 0.3) is 0 Å². The fraction of sp³-hybridized carbons (Fsp3) is 0. The molecule has 304 valence electrons. The molecular formula is C62H40N2S. The summed E-state index contributed by atoms with van der Waals surface area (Å²) in [5.41, 5.74) is 14.1. The van der Waals surface area contributed by atoms with Crippen LogP contribution in [0.3, 0.4) is 0 Å². The lowest BCUT2D eigenvalue weighted by atomic mass is 9.96. The number of nitrogens with zero attached hydrogens (tertiary/aromatic N) is 2. The third-order valence-corrected chi connectivity index (χ3v) is 14.4. The molecule has 0 saturated carbocycles. The van der Waals surface area contributed by atoms with E-state index in [0.29, 0.717) is 0 Å². The van der Waals surface area contributed by atoms with Crippen LogP contribution >= 0.6 is 11.3 Å². The second-order valence-electron chi connectivity index (χ2n) is 16.8. The normalized spacial score (nSPS) is 11.7. The minimum atomic E-state index is 1.10. The minimum absolute atomic E-state index is 1.10. The molecule has 2 aromatic heterocycles. The topological polar surface area (TPSA) is 8.17 Å². The molecular weight excluding hydrogens is 805 g/mol. The van der Waals surface area contributed by atoms with Crippen molar-refractivity contribution in [1.82, 2.24) is 4.57 Å². The van der Waals surface area contributed by atoms with Gasteiger partial charge in [-0.1, -0.05) is 182 Å². The number of para-hydroxylation sites is 3. The van der Waals surface area contributed by atoms with Gasteiger partial charge in [0.05, 0.1) is 22.4 Å². The van der Waals surface area contributed by atoms with Crippen molar-refractivity contribution in [3.05, 3.63) is 243 Å². The van der Waals surface area contributed by atoms with Crippen LogP contribution in [0.25, 0.3) is 103 Å². The molecule has 2 heterocycles. The second-order valence-corrected chi connectivity index (χ2v) is 17.9. The van der Waals surface area contributed by atoms with Gasteiger partial charge in [0.15, 0.2) is 0 Å². The fourth-order valence-electron chi connectivity index (χ4n) is 10.2. The van der Waals surface area contributed by atoms with Gasteiger partial charge in [-0.05, 0) is 104 Å². The van der Waals surface area contributed by atoms with Crippen molar-refractivity contribution in [3.8, 4) is 39.1 Å². The first-order valence-corrected chi connectivity index (χ1v) is 23.1. The van der Waals surface area contributed by atoms with Gasteiger partial charge in [0.2, 0.25) is 0 Å². The Kier molecular flexibility index (Phi) is 8.75. The zero-order valence-electron chi connectivity index (χ0n) is 35.4. The van der Waals surface area contributed by atoms with Crippen LogP contribution in [-0.2, 0) is 0 Å². The lowest BCUT2D eigenvalue weighted by molar-refractivity contribution is 1.18. The van der Waals surface area contributed by atoms with Crippen LogP contribution in [0.5, 0.6) is 0 Å². The predicted molar refractivity (Wildman–Crippen MR) is 280 cm³/mol. The van der Waals surface area contributed by atoms with E-state index in [9.17, 15) is 0 Å². The molecule has 2 nitrogen and oxygen atoms in total. The summed E-state index contributed by atoms with van der Waals surface area (Å²) in [6, 6.07) is 89.0. The Labute approximate surface area is 381 Å². The molecule has 65 heavy (non-hydrogen) atoms. The van der Waals surface area contributed by atoms with Crippen molar-refractivity contribution >= 4 is 91.9 Å². The second kappa shape index (κ2) is 15.2. The number of hydrogen-bond acceptors (Lipinski definition) is 2. The van der Waals surface area contributed by atoms with Crippen LogP contribution in [0.1, 0.15) is 0 Å². The SMILES string of the molecule is c1ccc(-c2cccc(N(c3cccc(-c4ccc5ccc6ccccc6c5c4)c3)c3ccc(-c4ccccc4-n4c5ccccc5c5ccccc54)c4sc5ccccc5c34)c2)cc1. The van der Waals surface area contributed by atoms with E-state index in [0.717, 1.165) is 17.1 Å². The van der Waals surface area contributed by atoms with Crippen LogP contribution in [0.4, 0.5) is 17.1 Å². The average Bonchev–Trinajstić information content (AvgIpc) is 3.94. The molecule has 0 atom stereocenters. The molecule has 0 saturated heterocycles. The van der Waals surface area contributed by atoms with Gasteiger partial charge in [-0.2, -0.15) is 0 Å². The molecule has 0 fully saturated rings. The molecule has 0 radical (unpaired) electrons. The van der Waals surface area contributed by atoms with Crippen LogP contribution in [0.15, 0.2) is 243 Å². The Bertz CT molecular complexity index is 3920. The Morgan fingerprint density at radius 3 is 1.65 bits per heavy atom. The first kappa shape index (κ1) is 37.3. The highest BCUT2D eigenvalue weighted by molar-refractivity contribution is 7.26. The third-order valence-electron chi connectivity index (χ3n) is 13.2. The van der Waals surface area contributed by atoms with Gasteiger partial charge in [0, 0.05) is 53.4 Å². The summed E-state index contributed by atoms with van der Waals surface area (Å²) in [6.45, 7) is 0. The molecule has 13 rings (SSSR count). The maximum absolute atomic E-state index is 2.48. The van der Waals surface area contributed by atoms with Crippen LogP contribution < -0.4 is 4.90 Å². The van der Waals surface area contributed by atoms with Crippen LogP contribution in [0.2, 0.25) is 0 Å². The van der Waals surface area contributed by atoms with Crippen molar-refractivity contribution in [2.75, 3.05) is 4.90 Å². The van der Waals surface area contributed by atoms with E-state index >= 15 is 0 Å². The molecule has 0 spiro atoms. The van der Waals surface area contributed by atoms with E-state index in [2.05, 4.69) is 252 Å². The van der Waals surface area contributed by atoms with E-state index in [1.54, 1.807) is 0 Å². The van der Waals surface area contributed by atoms with Gasteiger partial charge < -0.3 is 9.47 Å². The summed E-state index contributed by atoms with van der Waals surface area (Å²) in [7, 11) is 0. The molecule has 0 aliphatic heterocycles. The van der Waals surface area contributed by atoms with E-state index in [-0.39, 0.29) is 0 Å². The quantitative estimate of drug-likeness (QED) is 0.145. The summed E-state index contributed by atoms with van der Waals surface area (Å²) < 4.78 is 4.98. The summed E-state index contributed by atoms with van der Waals surface area (Å²) >= 11 is 1.88.